The number of carbonyl (C=O) groups is 3. The maximum absolute atomic E-state index is 12.5. The molecule has 0 unspecified atom stereocenters. The number of hydrogen-bond acceptors (Lipinski definition) is 4. The molecule has 3 amide bonds. The van der Waals surface area contributed by atoms with Crippen molar-refractivity contribution in [2.75, 3.05) is 30.9 Å². The molecule has 1 aliphatic heterocycles. The summed E-state index contributed by atoms with van der Waals surface area (Å²) in [6.07, 6.45) is 0.0549. The van der Waals surface area contributed by atoms with E-state index in [4.69, 9.17) is 0 Å². The number of aryl methyl sites for hydroxylation is 2. The number of amides is 3. The first kappa shape index (κ1) is 18.6. The molecule has 0 saturated carbocycles. The molecule has 0 atom stereocenters. The van der Waals surface area contributed by atoms with Crippen molar-refractivity contribution in [2.45, 2.75) is 20.3 Å². The first-order valence-corrected chi connectivity index (χ1v) is 8.82. The van der Waals surface area contributed by atoms with Crippen molar-refractivity contribution in [2.24, 2.45) is 0 Å². The summed E-state index contributed by atoms with van der Waals surface area (Å²) in [5.41, 5.74) is 4.46. The molecule has 0 saturated heterocycles. The van der Waals surface area contributed by atoms with Gasteiger partial charge in [-0.1, -0.05) is 11.6 Å². The minimum absolute atomic E-state index is 0.0549. The molecule has 0 fully saturated rings. The minimum Gasteiger partial charge on any atom is -0.378 e. The van der Waals surface area contributed by atoms with Crippen LogP contribution in [0.4, 0.5) is 11.4 Å². The predicted octanol–water partition coefficient (Wildman–Crippen LogP) is 2.99. The van der Waals surface area contributed by atoms with Crippen LogP contribution in [0.5, 0.6) is 0 Å². The second-order valence-electron chi connectivity index (χ2n) is 7.00. The maximum atomic E-state index is 12.5. The standard InChI is InChI=1S/C21H23N3O3/c1-13-5-7-16-17(11-13)21(27)24(20(16)26)10-9-19(25)22-18-8-6-15(23(3)4)12-14(18)2/h5-8,11-12H,9-10H2,1-4H3,(H,22,25). The van der Waals surface area contributed by atoms with Gasteiger partial charge in [0.2, 0.25) is 5.91 Å². The zero-order chi connectivity index (χ0) is 19.7. The first-order chi connectivity index (χ1) is 12.8. The van der Waals surface area contributed by atoms with E-state index in [2.05, 4.69) is 5.32 Å². The molecule has 27 heavy (non-hydrogen) atoms. The molecule has 6 heteroatoms. The smallest absolute Gasteiger partial charge is 0.261 e. The van der Waals surface area contributed by atoms with E-state index in [1.165, 1.54) is 0 Å². The van der Waals surface area contributed by atoms with Crippen molar-refractivity contribution in [3.63, 3.8) is 0 Å². The third-order valence-corrected chi connectivity index (χ3v) is 4.69. The molecule has 2 aromatic rings. The van der Waals surface area contributed by atoms with E-state index in [1.807, 2.05) is 51.0 Å². The lowest BCUT2D eigenvalue weighted by Gasteiger charge is -2.16. The van der Waals surface area contributed by atoms with Gasteiger partial charge in [0.05, 0.1) is 11.1 Å². The highest BCUT2D eigenvalue weighted by Crippen LogP contribution is 2.24. The lowest BCUT2D eigenvalue weighted by molar-refractivity contribution is -0.116. The highest BCUT2D eigenvalue weighted by molar-refractivity contribution is 6.21. The number of fused-ring (bicyclic) bond motifs is 1. The molecular weight excluding hydrogens is 342 g/mol. The Morgan fingerprint density at radius 1 is 1.00 bits per heavy atom. The molecule has 140 valence electrons. The lowest BCUT2D eigenvalue weighted by atomic mass is 10.1. The molecule has 1 aliphatic rings. The molecule has 0 aromatic heterocycles. The summed E-state index contributed by atoms with van der Waals surface area (Å²) in [4.78, 5) is 40.3. The van der Waals surface area contributed by atoms with Gasteiger partial charge in [0.1, 0.15) is 0 Å². The number of anilines is 2. The summed E-state index contributed by atoms with van der Waals surface area (Å²) in [6.45, 7) is 3.86. The third kappa shape index (κ3) is 3.69. The quantitative estimate of drug-likeness (QED) is 0.827. The van der Waals surface area contributed by atoms with Crippen LogP contribution < -0.4 is 10.2 Å². The Labute approximate surface area is 158 Å². The molecule has 3 rings (SSSR count). The fourth-order valence-electron chi connectivity index (χ4n) is 3.10. The molecular formula is C21H23N3O3. The highest BCUT2D eigenvalue weighted by atomic mass is 16.2. The summed E-state index contributed by atoms with van der Waals surface area (Å²) >= 11 is 0. The van der Waals surface area contributed by atoms with E-state index in [0.717, 1.165) is 27.4 Å². The fourth-order valence-corrected chi connectivity index (χ4v) is 3.10. The summed E-state index contributed by atoms with van der Waals surface area (Å²) in [6, 6.07) is 11.0. The van der Waals surface area contributed by atoms with Crippen LogP contribution >= 0.6 is 0 Å². The monoisotopic (exact) mass is 365 g/mol. The number of hydrogen-bond donors (Lipinski definition) is 1. The van der Waals surface area contributed by atoms with Crippen LogP contribution in [0, 0.1) is 13.8 Å². The van der Waals surface area contributed by atoms with Gasteiger partial charge in [-0.25, -0.2) is 0 Å². The van der Waals surface area contributed by atoms with E-state index in [9.17, 15) is 14.4 Å². The lowest BCUT2D eigenvalue weighted by Crippen LogP contribution is -2.32. The average molecular weight is 365 g/mol. The van der Waals surface area contributed by atoms with Gasteiger partial charge in [-0.15, -0.1) is 0 Å². The number of nitrogens with zero attached hydrogens (tertiary/aromatic N) is 2. The van der Waals surface area contributed by atoms with Crippen molar-refractivity contribution in [3.8, 4) is 0 Å². The van der Waals surface area contributed by atoms with Gasteiger partial charge in [0.15, 0.2) is 0 Å². The summed E-state index contributed by atoms with van der Waals surface area (Å²) in [5, 5.41) is 2.85. The van der Waals surface area contributed by atoms with E-state index in [0.29, 0.717) is 11.1 Å². The summed E-state index contributed by atoms with van der Waals surface area (Å²) in [7, 11) is 3.91. The third-order valence-electron chi connectivity index (χ3n) is 4.69. The number of benzene rings is 2. The molecule has 0 spiro atoms. The number of rotatable bonds is 5. The first-order valence-electron chi connectivity index (χ1n) is 8.82. The van der Waals surface area contributed by atoms with E-state index in [1.54, 1.807) is 18.2 Å². The molecule has 2 aromatic carbocycles. The number of nitrogens with one attached hydrogen (secondary N) is 1. The summed E-state index contributed by atoms with van der Waals surface area (Å²) in [5.74, 6) is -0.907. The van der Waals surface area contributed by atoms with Crippen LogP contribution in [0.3, 0.4) is 0 Å². The molecule has 0 bridgehead atoms. The minimum atomic E-state index is -0.339. The zero-order valence-electron chi connectivity index (χ0n) is 16.0. The molecule has 1 N–H and O–H groups in total. The van der Waals surface area contributed by atoms with Crippen LogP contribution in [-0.4, -0.2) is 43.3 Å². The zero-order valence-corrected chi connectivity index (χ0v) is 16.0. The predicted molar refractivity (Wildman–Crippen MR) is 105 cm³/mol. The van der Waals surface area contributed by atoms with Crippen LogP contribution in [-0.2, 0) is 4.79 Å². The second-order valence-corrected chi connectivity index (χ2v) is 7.00. The number of carbonyl (C=O) groups excluding carboxylic acids is 3. The van der Waals surface area contributed by atoms with E-state index in [-0.39, 0.29) is 30.7 Å². The van der Waals surface area contributed by atoms with Crippen LogP contribution in [0.2, 0.25) is 0 Å². The fraction of sp³-hybridized carbons (Fsp3) is 0.286. The Hall–Kier alpha value is -3.15. The maximum Gasteiger partial charge on any atom is 0.261 e. The Bertz CT molecular complexity index is 934. The van der Waals surface area contributed by atoms with Crippen molar-refractivity contribution < 1.29 is 14.4 Å². The Kier molecular flexibility index (Phi) is 4.99. The second kappa shape index (κ2) is 7.23. The van der Waals surface area contributed by atoms with Gasteiger partial charge >= 0.3 is 0 Å². The van der Waals surface area contributed by atoms with E-state index >= 15 is 0 Å². The molecule has 0 aliphatic carbocycles. The van der Waals surface area contributed by atoms with Crippen molar-refractivity contribution in [3.05, 3.63) is 58.7 Å². The normalized spacial score (nSPS) is 13.0. The van der Waals surface area contributed by atoms with Gasteiger partial charge in [-0.2, -0.15) is 0 Å². The van der Waals surface area contributed by atoms with Crippen LogP contribution in [0.15, 0.2) is 36.4 Å². The molecule has 0 radical (unpaired) electrons. The number of imide groups is 1. The molecule has 6 nitrogen and oxygen atoms in total. The summed E-state index contributed by atoms with van der Waals surface area (Å²) < 4.78 is 0. The van der Waals surface area contributed by atoms with Crippen LogP contribution in [0.25, 0.3) is 0 Å². The van der Waals surface area contributed by atoms with Gasteiger partial charge in [-0.05, 0) is 49.7 Å². The van der Waals surface area contributed by atoms with E-state index < -0.39 is 0 Å². The largest absolute Gasteiger partial charge is 0.378 e. The van der Waals surface area contributed by atoms with Gasteiger partial charge < -0.3 is 10.2 Å². The van der Waals surface area contributed by atoms with Crippen molar-refractivity contribution in [1.29, 1.82) is 0 Å². The van der Waals surface area contributed by atoms with Gasteiger partial charge in [0.25, 0.3) is 11.8 Å². The Balaban J connectivity index is 1.63. The molecule has 1 heterocycles. The van der Waals surface area contributed by atoms with Gasteiger partial charge in [-0.3, -0.25) is 19.3 Å². The van der Waals surface area contributed by atoms with Crippen LogP contribution in [0.1, 0.15) is 38.3 Å². The highest BCUT2D eigenvalue weighted by Gasteiger charge is 2.35. The van der Waals surface area contributed by atoms with Gasteiger partial charge in [0, 0.05) is 38.4 Å². The average Bonchev–Trinajstić information content (AvgIpc) is 2.85. The van der Waals surface area contributed by atoms with Crippen molar-refractivity contribution >= 4 is 29.1 Å². The van der Waals surface area contributed by atoms with Crippen molar-refractivity contribution in [1.82, 2.24) is 4.90 Å². The Morgan fingerprint density at radius 2 is 1.70 bits per heavy atom. The SMILES string of the molecule is Cc1ccc2c(c1)C(=O)N(CCC(=O)Nc1ccc(N(C)C)cc1C)C2=O. The topological polar surface area (TPSA) is 69.7 Å². The Morgan fingerprint density at radius 3 is 2.37 bits per heavy atom.